The van der Waals surface area contributed by atoms with Crippen molar-refractivity contribution < 1.29 is 0 Å². The van der Waals surface area contributed by atoms with Crippen LogP contribution in [0.25, 0.3) is 11.4 Å². The Morgan fingerprint density at radius 3 is 2.55 bits per heavy atom. The van der Waals surface area contributed by atoms with Gasteiger partial charge in [-0.05, 0) is 38.3 Å². The lowest BCUT2D eigenvalue weighted by Gasteiger charge is -2.12. The van der Waals surface area contributed by atoms with Crippen LogP contribution >= 0.6 is 0 Å². The first-order valence-electron chi connectivity index (χ1n) is 7.06. The molecule has 1 aliphatic heterocycles. The normalized spacial score (nSPS) is 18.8. The lowest BCUT2D eigenvalue weighted by Crippen LogP contribution is -2.26. The number of rotatable bonds is 2. The molecule has 0 aliphatic carbocycles. The SMILES string of the molecule is Cc1cc(C)c(-c2nc(N3CCC(N)C3)n[nH]2)c(C)c1. The Hall–Kier alpha value is -1.88. The van der Waals surface area contributed by atoms with E-state index in [1.54, 1.807) is 0 Å². The average Bonchev–Trinajstić information content (AvgIpc) is 2.96. The highest BCUT2D eigenvalue weighted by atomic mass is 15.4. The van der Waals surface area contributed by atoms with E-state index < -0.39 is 0 Å². The summed E-state index contributed by atoms with van der Waals surface area (Å²) in [7, 11) is 0. The third-order valence-electron chi connectivity index (χ3n) is 3.89. The minimum atomic E-state index is 0.236. The van der Waals surface area contributed by atoms with Crippen molar-refractivity contribution in [3.63, 3.8) is 0 Å². The lowest BCUT2D eigenvalue weighted by molar-refractivity contribution is 0.750. The molecule has 0 saturated carbocycles. The molecular weight excluding hydrogens is 250 g/mol. The summed E-state index contributed by atoms with van der Waals surface area (Å²) in [4.78, 5) is 6.79. The van der Waals surface area contributed by atoms with Crippen molar-refractivity contribution in [2.24, 2.45) is 5.73 Å². The van der Waals surface area contributed by atoms with E-state index >= 15 is 0 Å². The van der Waals surface area contributed by atoms with E-state index in [4.69, 9.17) is 5.73 Å². The Morgan fingerprint density at radius 2 is 1.95 bits per heavy atom. The summed E-state index contributed by atoms with van der Waals surface area (Å²) in [6.07, 6.45) is 1.01. The van der Waals surface area contributed by atoms with Crippen LogP contribution in [0, 0.1) is 20.8 Å². The van der Waals surface area contributed by atoms with Crippen LogP contribution in [0.15, 0.2) is 12.1 Å². The Kier molecular flexibility index (Phi) is 3.22. The maximum atomic E-state index is 5.94. The molecule has 5 heteroatoms. The molecule has 2 heterocycles. The molecule has 20 heavy (non-hydrogen) atoms. The fourth-order valence-electron chi connectivity index (χ4n) is 3.03. The number of anilines is 1. The number of benzene rings is 1. The number of nitrogens with zero attached hydrogens (tertiary/aromatic N) is 3. The van der Waals surface area contributed by atoms with E-state index in [0.717, 1.165) is 36.8 Å². The van der Waals surface area contributed by atoms with Crippen molar-refractivity contribution >= 4 is 5.95 Å². The first-order chi connectivity index (χ1) is 9.54. The van der Waals surface area contributed by atoms with Crippen LogP contribution in [-0.4, -0.2) is 34.3 Å². The van der Waals surface area contributed by atoms with Crippen LogP contribution in [0.2, 0.25) is 0 Å². The smallest absolute Gasteiger partial charge is 0.245 e. The van der Waals surface area contributed by atoms with Crippen molar-refractivity contribution in [2.45, 2.75) is 33.2 Å². The summed E-state index contributed by atoms with van der Waals surface area (Å²) in [5, 5.41) is 7.42. The second-order valence-corrected chi connectivity index (χ2v) is 5.75. The van der Waals surface area contributed by atoms with Gasteiger partial charge in [-0.1, -0.05) is 17.7 Å². The molecule has 1 unspecified atom stereocenters. The summed E-state index contributed by atoms with van der Waals surface area (Å²) in [6.45, 7) is 8.11. The molecule has 0 bridgehead atoms. The predicted molar refractivity (Wildman–Crippen MR) is 80.8 cm³/mol. The molecule has 0 amide bonds. The monoisotopic (exact) mass is 271 g/mol. The van der Waals surface area contributed by atoms with E-state index in [9.17, 15) is 0 Å². The summed E-state index contributed by atoms with van der Waals surface area (Å²) in [6, 6.07) is 4.59. The fourth-order valence-corrected chi connectivity index (χ4v) is 3.03. The number of H-pyrrole nitrogens is 1. The Balaban J connectivity index is 1.94. The van der Waals surface area contributed by atoms with Crippen LogP contribution in [0.3, 0.4) is 0 Å². The molecule has 0 radical (unpaired) electrons. The third-order valence-corrected chi connectivity index (χ3v) is 3.89. The van der Waals surface area contributed by atoms with Gasteiger partial charge in [0.1, 0.15) is 0 Å². The lowest BCUT2D eigenvalue weighted by atomic mass is 9.99. The van der Waals surface area contributed by atoms with Gasteiger partial charge in [-0.15, -0.1) is 5.10 Å². The molecule has 1 fully saturated rings. The topological polar surface area (TPSA) is 70.8 Å². The number of hydrogen-bond acceptors (Lipinski definition) is 4. The zero-order valence-electron chi connectivity index (χ0n) is 12.3. The molecule has 1 aromatic heterocycles. The van der Waals surface area contributed by atoms with Gasteiger partial charge in [0.15, 0.2) is 5.82 Å². The fraction of sp³-hybridized carbons (Fsp3) is 0.467. The number of aromatic amines is 1. The van der Waals surface area contributed by atoms with Crippen LogP contribution < -0.4 is 10.6 Å². The molecule has 1 saturated heterocycles. The zero-order valence-corrected chi connectivity index (χ0v) is 12.3. The highest BCUT2D eigenvalue weighted by Crippen LogP contribution is 2.27. The van der Waals surface area contributed by atoms with Crippen molar-refractivity contribution in [1.82, 2.24) is 15.2 Å². The minimum absolute atomic E-state index is 0.236. The number of hydrogen-bond donors (Lipinski definition) is 2. The maximum absolute atomic E-state index is 5.94. The number of nitrogens with one attached hydrogen (secondary N) is 1. The van der Waals surface area contributed by atoms with Crippen LogP contribution in [0.4, 0.5) is 5.95 Å². The van der Waals surface area contributed by atoms with Crippen molar-refractivity contribution in [3.8, 4) is 11.4 Å². The third kappa shape index (κ3) is 2.29. The summed E-state index contributed by atoms with van der Waals surface area (Å²) >= 11 is 0. The summed E-state index contributed by atoms with van der Waals surface area (Å²) < 4.78 is 0. The van der Waals surface area contributed by atoms with Crippen molar-refractivity contribution in [2.75, 3.05) is 18.0 Å². The summed E-state index contributed by atoms with van der Waals surface area (Å²) in [5.41, 5.74) is 10.8. The van der Waals surface area contributed by atoms with Gasteiger partial charge in [0, 0.05) is 24.7 Å². The van der Waals surface area contributed by atoms with Gasteiger partial charge in [0.2, 0.25) is 5.95 Å². The molecule has 3 rings (SSSR count). The highest BCUT2D eigenvalue weighted by molar-refractivity contribution is 5.66. The molecule has 1 aliphatic rings. The van der Waals surface area contributed by atoms with Gasteiger partial charge in [0.05, 0.1) is 0 Å². The van der Waals surface area contributed by atoms with Gasteiger partial charge in [-0.2, -0.15) is 4.98 Å². The van der Waals surface area contributed by atoms with Crippen molar-refractivity contribution in [1.29, 1.82) is 0 Å². The van der Waals surface area contributed by atoms with Gasteiger partial charge in [-0.25, -0.2) is 0 Å². The van der Waals surface area contributed by atoms with Crippen LogP contribution in [0.5, 0.6) is 0 Å². The molecule has 5 nitrogen and oxygen atoms in total. The second-order valence-electron chi connectivity index (χ2n) is 5.75. The first kappa shape index (κ1) is 13.1. The zero-order chi connectivity index (χ0) is 14.3. The van der Waals surface area contributed by atoms with Gasteiger partial charge in [0.25, 0.3) is 0 Å². The molecule has 0 spiro atoms. The molecule has 2 aromatic rings. The first-order valence-corrected chi connectivity index (χ1v) is 7.06. The van der Waals surface area contributed by atoms with E-state index in [0.29, 0.717) is 0 Å². The molecule has 1 aromatic carbocycles. The van der Waals surface area contributed by atoms with Gasteiger partial charge in [-0.3, -0.25) is 5.10 Å². The predicted octanol–water partition coefficient (Wildman–Crippen LogP) is 1.93. The van der Waals surface area contributed by atoms with Gasteiger partial charge < -0.3 is 10.6 Å². The quantitative estimate of drug-likeness (QED) is 0.875. The molecule has 1 atom stereocenters. The number of aryl methyl sites for hydroxylation is 3. The summed E-state index contributed by atoms with van der Waals surface area (Å²) in [5.74, 6) is 1.60. The number of aromatic nitrogens is 3. The standard InChI is InChI=1S/C15H21N5/c1-9-6-10(2)13(11(3)7-9)14-17-15(19-18-14)20-5-4-12(16)8-20/h6-7,12H,4-5,8,16H2,1-3H3,(H,17,18,19). The number of nitrogens with two attached hydrogens (primary N) is 1. The van der Waals surface area contributed by atoms with E-state index in [-0.39, 0.29) is 6.04 Å². The second kappa shape index (κ2) is 4.90. The van der Waals surface area contributed by atoms with E-state index in [1.165, 1.54) is 16.7 Å². The van der Waals surface area contributed by atoms with Crippen LogP contribution in [0.1, 0.15) is 23.1 Å². The molecular formula is C15H21N5. The Labute approximate surface area is 119 Å². The van der Waals surface area contributed by atoms with Gasteiger partial charge >= 0.3 is 0 Å². The largest absolute Gasteiger partial charge is 0.338 e. The van der Waals surface area contributed by atoms with Crippen LogP contribution in [-0.2, 0) is 0 Å². The Morgan fingerprint density at radius 1 is 1.25 bits per heavy atom. The average molecular weight is 271 g/mol. The molecule has 3 N–H and O–H groups in total. The highest BCUT2D eigenvalue weighted by Gasteiger charge is 2.23. The van der Waals surface area contributed by atoms with E-state index in [1.807, 2.05) is 0 Å². The molecule has 106 valence electrons. The van der Waals surface area contributed by atoms with Crippen molar-refractivity contribution in [3.05, 3.63) is 28.8 Å². The Bertz CT molecular complexity index is 608. The van der Waals surface area contributed by atoms with E-state index in [2.05, 4.69) is 53.0 Å². The minimum Gasteiger partial charge on any atom is -0.338 e. The maximum Gasteiger partial charge on any atom is 0.245 e.